The number of carboxylic acids is 1. The number of likely N-dealkylation sites (tertiary alicyclic amines) is 1. The van der Waals surface area contributed by atoms with E-state index in [1.54, 1.807) is 12.1 Å². The summed E-state index contributed by atoms with van der Waals surface area (Å²) in [5.41, 5.74) is 2.77. The summed E-state index contributed by atoms with van der Waals surface area (Å²) in [7, 11) is 0. The van der Waals surface area contributed by atoms with Crippen molar-refractivity contribution >= 4 is 23.5 Å². The molecular weight excluding hydrogens is 326 g/mol. The van der Waals surface area contributed by atoms with E-state index in [4.69, 9.17) is 11.6 Å². The Morgan fingerprint density at radius 3 is 2.62 bits per heavy atom. The molecule has 0 bridgehead atoms. The second-order valence-corrected chi connectivity index (χ2v) is 6.36. The van der Waals surface area contributed by atoms with Crippen LogP contribution in [0.5, 0.6) is 0 Å². The van der Waals surface area contributed by atoms with Crippen LogP contribution in [0.2, 0.25) is 5.02 Å². The Bertz CT molecular complexity index is 760. The van der Waals surface area contributed by atoms with Gasteiger partial charge in [-0.1, -0.05) is 48.0 Å². The average Bonchev–Trinajstić information content (AvgIpc) is 3.06. The predicted octanol–water partition coefficient (Wildman–Crippen LogP) is 3.63. The van der Waals surface area contributed by atoms with Gasteiger partial charge in [-0.3, -0.25) is 4.79 Å². The SMILES string of the molecule is O=C(O)[C@H]1CCCN1C(=O)Cc1cc(Cl)ccc1-c1ccccc1. The average molecular weight is 344 g/mol. The monoisotopic (exact) mass is 343 g/mol. The quantitative estimate of drug-likeness (QED) is 0.922. The molecule has 124 valence electrons. The third kappa shape index (κ3) is 3.44. The Kier molecular flexibility index (Phi) is 4.86. The molecular formula is C19H18ClNO3. The van der Waals surface area contributed by atoms with Crippen LogP contribution in [0.1, 0.15) is 18.4 Å². The number of amides is 1. The van der Waals surface area contributed by atoms with Crippen molar-refractivity contribution in [3.05, 3.63) is 59.1 Å². The number of halogens is 1. The first-order chi connectivity index (χ1) is 11.6. The lowest BCUT2D eigenvalue weighted by Crippen LogP contribution is -2.41. The van der Waals surface area contributed by atoms with Gasteiger partial charge in [-0.15, -0.1) is 0 Å². The first-order valence-electron chi connectivity index (χ1n) is 7.92. The van der Waals surface area contributed by atoms with Crippen molar-refractivity contribution in [1.82, 2.24) is 4.90 Å². The summed E-state index contributed by atoms with van der Waals surface area (Å²) in [6, 6.07) is 14.6. The van der Waals surface area contributed by atoms with E-state index in [0.29, 0.717) is 18.0 Å². The molecule has 1 atom stereocenters. The van der Waals surface area contributed by atoms with Gasteiger partial charge in [0.2, 0.25) is 5.91 Å². The van der Waals surface area contributed by atoms with Crippen LogP contribution in [0.25, 0.3) is 11.1 Å². The number of carbonyl (C=O) groups excluding carboxylic acids is 1. The van der Waals surface area contributed by atoms with Gasteiger partial charge in [-0.25, -0.2) is 4.79 Å². The van der Waals surface area contributed by atoms with Gasteiger partial charge < -0.3 is 10.0 Å². The topological polar surface area (TPSA) is 57.6 Å². The molecule has 0 unspecified atom stereocenters. The predicted molar refractivity (Wildman–Crippen MR) is 93.0 cm³/mol. The van der Waals surface area contributed by atoms with Crippen LogP contribution in [0.15, 0.2) is 48.5 Å². The molecule has 3 rings (SSSR count). The van der Waals surface area contributed by atoms with Gasteiger partial charge >= 0.3 is 5.97 Å². The second kappa shape index (κ2) is 7.05. The number of carboxylic acid groups (broad SMARTS) is 1. The molecule has 2 aromatic carbocycles. The zero-order valence-corrected chi connectivity index (χ0v) is 13.9. The third-order valence-electron chi connectivity index (χ3n) is 4.35. The van der Waals surface area contributed by atoms with Gasteiger partial charge in [0, 0.05) is 11.6 Å². The largest absolute Gasteiger partial charge is 0.480 e. The van der Waals surface area contributed by atoms with Crippen molar-refractivity contribution in [2.24, 2.45) is 0 Å². The number of nitrogens with zero attached hydrogens (tertiary/aromatic N) is 1. The Hall–Kier alpha value is -2.33. The summed E-state index contributed by atoms with van der Waals surface area (Å²) in [6.45, 7) is 0.497. The maximum Gasteiger partial charge on any atom is 0.326 e. The molecule has 1 fully saturated rings. The minimum absolute atomic E-state index is 0.147. The lowest BCUT2D eigenvalue weighted by molar-refractivity contribution is -0.147. The van der Waals surface area contributed by atoms with Crippen molar-refractivity contribution in [2.45, 2.75) is 25.3 Å². The molecule has 1 heterocycles. The molecule has 0 aromatic heterocycles. The standard InChI is InChI=1S/C19H18ClNO3/c20-15-8-9-16(13-5-2-1-3-6-13)14(11-15)12-18(22)21-10-4-7-17(21)19(23)24/h1-3,5-6,8-9,11,17H,4,7,10,12H2,(H,23,24)/t17-/m1/s1. The molecule has 1 N–H and O–H groups in total. The zero-order valence-electron chi connectivity index (χ0n) is 13.1. The minimum atomic E-state index is -0.935. The first-order valence-corrected chi connectivity index (χ1v) is 8.30. The molecule has 0 saturated carbocycles. The molecule has 0 aliphatic carbocycles. The fourth-order valence-corrected chi connectivity index (χ4v) is 3.39. The Balaban J connectivity index is 1.88. The molecule has 1 amide bonds. The van der Waals surface area contributed by atoms with Crippen LogP contribution in [-0.2, 0) is 16.0 Å². The van der Waals surface area contributed by atoms with Gasteiger partial charge in [-0.2, -0.15) is 0 Å². The molecule has 24 heavy (non-hydrogen) atoms. The van der Waals surface area contributed by atoms with E-state index < -0.39 is 12.0 Å². The number of rotatable bonds is 4. The van der Waals surface area contributed by atoms with E-state index in [1.807, 2.05) is 36.4 Å². The summed E-state index contributed by atoms with van der Waals surface area (Å²) >= 11 is 6.11. The zero-order chi connectivity index (χ0) is 17.1. The maximum atomic E-state index is 12.6. The van der Waals surface area contributed by atoms with Crippen molar-refractivity contribution in [2.75, 3.05) is 6.54 Å². The van der Waals surface area contributed by atoms with Crippen LogP contribution in [0.3, 0.4) is 0 Å². The summed E-state index contributed by atoms with van der Waals surface area (Å²) in [5.74, 6) is -1.10. The minimum Gasteiger partial charge on any atom is -0.480 e. The fraction of sp³-hybridized carbons (Fsp3) is 0.263. The highest BCUT2D eigenvalue weighted by Gasteiger charge is 2.33. The smallest absolute Gasteiger partial charge is 0.326 e. The first kappa shape index (κ1) is 16.5. The normalized spacial score (nSPS) is 17.0. The highest BCUT2D eigenvalue weighted by molar-refractivity contribution is 6.30. The van der Waals surface area contributed by atoms with Crippen LogP contribution in [-0.4, -0.2) is 34.5 Å². The molecule has 1 aliphatic rings. The second-order valence-electron chi connectivity index (χ2n) is 5.93. The summed E-state index contributed by atoms with van der Waals surface area (Å²) in [5, 5.41) is 9.82. The lowest BCUT2D eigenvalue weighted by atomic mass is 9.97. The van der Waals surface area contributed by atoms with Gasteiger partial charge in [-0.05, 0) is 41.7 Å². The van der Waals surface area contributed by atoms with E-state index in [0.717, 1.165) is 23.1 Å². The van der Waals surface area contributed by atoms with E-state index in [1.165, 1.54) is 4.90 Å². The highest BCUT2D eigenvalue weighted by atomic mass is 35.5. The molecule has 1 saturated heterocycles. The lowest BCUT2D eigenvalue weighted by Gasteiger charge is -2.22. The molecule has 0 radical (unpaired) electrons. The van der Waals surface area contributed by atoms with E-state index in [9.17, 15) is 14.7 Å². The van der Waals surface area contributed by atoms with E-state index >= 15 is 0 Å². The van der Waals surface area contributed by atoms with Crippen molar-refractivity contribution in [3.63, 3.8) is 0 Å². The van der Waals surface area contributed by atoms with Crippen molar-refractivity contribution < 1.29 is 14.7 Å². The highest BCUT2D eigenvalue weighted by Crippen LogP contribution is 2.28. The number of benzene rings is 2. The molecule has 5 heteroatoms. The van der Waals surface area contributed by atoms with Gasteiger partial charge in [0.05, 0.1) is 6.42 Å². The molecule has 1 aliphatic heterocycles. The summed E-state index contributed by atoms with van der Waals surface area (Å²) in [4.78, 5) is 25.4. The molecule has 0 spiro atoms. The van der Waals surface area contributed by atoms with Crippen LogP contribution in [0.4, 0.5) is 0 Å². The van der Waals surface area contributed by atoms with Gasteiger partial charge in [0.15, 0.2) is 0 Å². The van der Waals surface area contributed by atoms with Crippen LogP contribution < -0.4 is 0 Å². The van der Waals surface area contributed by atoms with Crippen molar-refractivity contribution in [3.8, 4) is 11.1 Å². The third-order valence-corrected chi connectivity index (χ3v) is 4.59. The van der Waals surface area contributed by atoms with Crippen LogP contribution >= 0.6 is 11.6 Å². The number of aliphatic carboxylic acids is 1. The number of carbonyl (C=O) groups is 2. The molecule has 4 nitrogen and oxygen atoms in total. The number of hydrogen-bond donors (Lipinski definition) is 1. The fourth-order valence-electron chi connectivity index (χ4n) is 3.19. The Morgan fingerprint density at radius 2 is 1.92 bits per heavy atom. The van der Waals surface area contributed by atoms with Gasteiger partial charge in [0.25, 0.3) is 0 Å². The van der Waals surface area contributed by atoms with Crippen molar-refractivity contribution in [1.29, 1.82) is 0 Å². The Morgan fingerprint density at radius 1 is 1.17 bits per heavy atom. The van der Waals surface area contributed by atoms with Gasteiger partial charge in [0.1, 0.15) is 6.04 Å². The summed E-state index contributed by atoms with van der Waals surface area (Å²) < 4.78 is 0. The molecule has 2 aromatic rings. The number of hydrogen-bond acceptors (Lipinski definition) is 2. The Labute approximate surface area is 145 Å². The summed E-state index contributed by atoms with van der Waals surface area (Å²) in [6.07, 6.45) is 1.39. The van der Waals surface area contributed by atoms with E-state index in [2.05, 4.69) is 0 Å². The van der Waals surface area contributed by atoms with Crippen LogP contribution in [0, 0.1) is 0 Å². The maximum absolute atomic E-state index is 12.6. The van der Waals surface area contributed by atoms with E-state index in [-0.39, 0.29) is 12.3 Å².